The van der Waals surface area contributed by atoms with E-state index in [2.05, 4.69) is 5.32 Å². The van der Waals surface area contributed by atoms with Crippen LogP contribution in [0.25, 0.3) is 0 Å². The topological polar surface area (TPSA) is 86.8 Å². The Bertz CT molecular complexity index is 1410. The molecule has 0 aromatic heterocycles. The second-order valence-corrected chi connectivity index (χ2v) is 11.6. The summed E-state index contributed by atoms with van der Waals surface area (Å²) in [6.45, 7) is 5.11. The SMILES string of the molecule is CC[C@@H](C(=O)NC)N(Cc1cccc(C)c1)C(=O)CN(c1cccc(Cl)c1Cl)S(=O)(=O)c1ccc(C)cc1. The number of aryl methyl sites for hydroxylation is 2. The molecule has 0 radical (unpaired) electrons. The van der Waals surface area contributed by atoms with Crippen LogP contribution in [0.2, 0.25) is 10.0 Å². The molecular formula is C28H31Cl2N3O4S. The molecule has 3 aromatic carbocycles. The third kappa shape index (κ3) is 6.67. The average Bonchev–Trinajstić information content (AvgIpc) is 2.89. The summed E-state index contributed by atoms with van der Waals surface area (Å²) >= 11 is 12.7. The molecule has 0 fully saturated rings. The molecule has 2 amide bonds. The second kappa shape index (κ2) is 12.7. The Hall–Kier alpha value is -3.07. The van der Waals surface area contributed by atoms with Crippen molar-refractivity contribution in [3.8, 4) is 0 Å². The first-order valence-electron chi connectivity index (χ1n) is 12.1. The van der Waals surface area contributed by atoms with Crippen molar-refractivity contribution in [3.63, 3.8) is 0 Å². The zero-order valence-electron chi connectivity index (χ0n) is 21.7. The van der Waals surface area contributed by atoms with E-state index in [9.17, 15) is 18.0 Å². The molecule has 202 valence electrons. The van der Waals surface area contributed by atoms with E-state index in [1.807, 2.05) is 38.1 Å². The number of hydrogen-bond donors (Lipinski definition) is 1. The Morgan fingerprint density at radius 1 is 0.947 bits per heavy atom. The Morgan fingerprint density at radius 3 is 2.21 bits per heavy atom. The summed E-state index contributed by atoms with van der Waals surface area (Å²) in [6, 6.07) is 17.7. The van der Waals surface area contributed by atoms with Crippen LogP contribution < -0.4 is 9.62 Å². The maximum atomic E-state index is 13.9. The number of carbonyl (C=O) groups excluding carboxylic acids is 2. The first-order valence-corrected chi connectivity index (χ1v) is 14.3. The van der Waals surface area contributed by atoms with Crippen molar-refractivity contribution in [2.45, 2.75) is 44.7 Å². The molecule has 1 N–H and O–H groups in total. The molecule has 0 saturated heterocycles. The lowest BCUT2D eigenvalue weighted by molar-refractivity contribution is -0.140. The third-order valence-electron chi connectivity index (χ3n) is 6.16. The number of carbonyl (C=O) groups is 2. The highest BCUT2D eigenvalue weighted by Crippen LogP contribution is 2.35. The molecule has 0 aliphatic rings. The summed E-state index contributed by atoms with van der Waals surface area (Å²) in [7, 11) is -2.73. The van der Waals surface area contributed by atoms with E-state index in [1.54, 1.807) is 25.1 Å². The molecule has 7 nitrogen and oxygen atoms in total. The van der Waals surface area contributed by atoms with Gasteiger partial charge in [0.05, 0.1) is 20.6 Å². The lowest BCUT2D eigenvalue weighted by atomic mass is 10.1. The van der Waals surface area contributed by atoms with Crippen LogP contribution in [0.3, 0.4) is 0 Å². The van der Waals surface area contributed by atoms with Gasteiger partial charge in [0.25, 0.3) is 10.0 Å². The lowest BCUT2D eigenvalue weighted by Crippen LogP contribution is -2.51. The molecule has 1 atom stereocenters. The number of anilines is 1. The lowest BCUT2D eigenvalue weighted by Gasteiger charge is -2.33. The normalized spacial score (nSPS) is 12.1. The maximum absolute atomic E-state index is 13.9. The summed E-state index contributed by atoms with van der Waals surface area (Å²) < 4.78 is 28.7. The highest BCUT2D eigenvalue weighted by atomic mass is 35.5. The van der Waals surface area contributed by atoms with Gasteiger partial charge in [-0.25, -0.2) is 8.42 Å². The number of nitrogens with one attached hydrogen (secondary N) is 1. The molecule has 10 heteroatoms. The summed E-state index contributed by atoms with van der Waals surface area (Å²) in [5, 5.41) is 2.76. The Balaban J connectivity index is 2.11. The number of likely N-dealkylation sites (N-methyl/N-ethyl adjacent to an activating group) is 1. The van der Waals surface area contributed by atoms with Crippen molar-refractivity contribution in [2.24, 2.45) is 0 Å². The molecule has 3 rings (SSSR count). The molecule has 0 saturated carbocycles. The van der Waals surface area contributed by atoms with Gasteiger partial charge in [-0.1, -0.05) is 83.7 Å². The van der Waals surface area contributed by atoms with Crippen LogP contribution >= 0.6 is 23.2 Å². The van der Waals surface area contributed by atoms with Crippen LogP contribution in [0.4, 0.5) is 5.69 Å². The number of sulfonamides is 1. The molecular weight excluding hydrogens is 545 g/mol. The number of halogens is 2. The van der Waals surface area contributed by atoms with E-state index in [1.165, 1.54) is 36.2 Å². The van der Waals surface area contributed by atoms with E-state index < -0.39 is 28.5 Å². The fourth-order valence-corrected chi connectivity index (χ4v) is 6.00. The molecule has 0 bridgehead atoms. The number of nitrogens with zero attached hydrogens (tertiary/aromatic N) is 2. The predicted octanol–water partition coefficient (Wildman–Crippen LogP) is 5.36. The van der Waals surface area contributed by atoms with Crippen LogP contribution in [0.15, 0.2) is 71.6 Å². The average molecular weight is 577 g/mol. The quantitative estimate of drug-likeness (QED) is 0.352. The minimum Gasteiger partial charge on any atom is -0.357 e. The minimum absolute atomic E-state index is 0.00114. The standard InChI is InChI=1S/C28H31Cl2N3O4S/c1-5-24(28(35)31-4)32(17-21-9-6-8-20(3)16-21)26(34)18-33(25-11-7-10-23(29)27(25)30)38(36,37)22-14-12-19(2)13-15-22/h6-16,24H,5,17-18H2,1-4H3,(H,31,35)/t24-/m0/s1. The van der Waals surface area contributed by atoms with Gasteiger partial charge < -0.3 is 10.2 Å². The van der Waals surface area contributed by atoms with Crippen LogP contribution in [-0.2, 0) is 26.2 Å². The van der Waals surface area contributed by atoms with Crippen LogP contribution in [0, 0.1) is 13.8 Å². The van der Waals surface area contributed by atoms with E-state index in [-0.39, 0.29) is 33.1 Å². The van der Waals surface area contributed by atoms with Crippen molar-refractivity contribution in [2.75, 3.05) is 17.9 Å². The van der Waals surface area contributed by atoms with Gasteiger partial charge in [0, 0.05) is 13.6 Å². The van der Waals surface area contributed by atoms with Gasteiger partial charge in [0.2, 0.25) is 11.8 Å². The first kappa shape index (κ1) is 29.5. The predicted molar refractivity (Wildman–Crippen MR) is 152 cm³/mol. The first-order chi connectivity index (χ1) is 18.0. The Morgan fingerprint density at radius 2 is 1.61 bits per heavy atom. The zero-order chi connectivity index (χ0) is 28.0. The van der Waals surface area contributed by atoms with Gasteiger partial charge in [0.15, 0.2) is 0 Å². The van der Waals surface area contributed by atoms with Gasteiger partial charge in [-0.2, -0.15) is 0 Å². The van der Waals surface area contributed by atoms with Gasteiger partial charge >= 0.3 is 0 Å². The zero-order valence-corrected chi connectivity index (χ0v) is 24.1. The van der Waals surface area contributed by atoms with Crippen molar-refractivity contribution in [1.82, 2.24) is 10.2 Å². The van der Waals surface area contributed by atoms with Crippen molar-refractivity contribution in [3.05, 3.63) is 93.5 Å². The summed E-state index contributed by atoms with van der Waals surface area (Å²) in [6.07, 6.45) is 0.333. The molecule has 0 spiro atoms. The van der Waals surface area contributed by atoms with Crippen LogP contribution in [0.1, 0.15) is 30.0 Å². The van der Waals surface area contributed by atoms with E-state index in [0.29, 0.717) is 6.42 Å². The molecule has 0 aliphatic carbocycles. The highest BCUT2D eigenvalue weighted by molar-refractivity contribution is 7.92. The highest BCUT2D eigenvalue weighted by Gasteiger charge is 2.34. The third-order valence-corrected chi connectivity index (χ3v) is 8.74. The number of amides is 2. The van der Waals surface area contributed by atoms with Crippen molar-refractivity contribution in [1.29, 1.82) is 0 Å². The van der Waals surface area contributed by atoms with Gasteiger partial charge in [-0.3, -0.25) is 13.9 Å². The van der Waals surface area contributed by atoms with Gasteiger partial charge in [-0.05, 0) is 50.1 Å². The summed E-state index contributed by atoms with van der Waals surface area (Å²) in [5.41, 5.74) is 2.76. The van der Waals surface area contributed by atoms with E-state index in [4.69, 9.17) is 23.2 Å². The van der Waals surface area contributed by atoms with Crippen LogP contribution in [-0.4, -0.2) is 44.8 Å². The fourth-order valence-electron chi connectivity index (χ4n) is 4.13. The molecule has 0 heterocycles. The molecule has 3 aromatic rings. The van der Waals surface area contributed by atoms with Gasteiger partial charge in [-0.15, -0.1) is 0 Å². The van der Waals surface area contributed by atoms with Crippen molar-refractivity contribution < 1.29 is 18.0 Å². The fraction of sp³-hybridized carbons (Fsp3) is 0.286. The largest absolute Gasteiger partial charge is 0.357 e. The molecule has 0 unspecified atom stereocenters. The van der Waals surface area contributed by atoms with Crippen molar-refractivity contribution >= 4 is 50.7 Å². The number of rotatable bonds is 10. The van der Waals surface area contributed by atoms with Gasteiger partial charge in [0.1, 0.15) is 12.6 Å². The Kier molecular flexibility index (Phi) is 9.82. The van der Waals surface area contributed by atoms with Crippen LogP contribution in [0.5, 0.6) is 0 Å². The summed E-state index contributed by atoms with van der Waals surface area (Å²) in [4.78, 5) is 28.1. The second-order valence-electron chi connectivity index (χ2n) is 8.95. The molecule has 0 aliphatic heterocycles. The number of benzene rings is 3. The maximum Gasteiger partial charge on any atom is 0.264 e. The number of hydrogen-bond acceptors (Lipinski definition) is 4. The summed E-state index contributed by atoms with van der Waals surface area (Å²) in [5.74, 6) is -0.907. The van der Waals surface area contributed by atoms with E-state index >= 15 is 0 Å². The molecule has 38 heavy (non-hydrogen) atoms. The minimum atomic E-state index is -4.23. The Labute approximate surface area is 234 Å². The smallest absolute Gasteiger partial charge is 0.264 e. The monoisotopic (exact) mass is 575 g/mol. The van der Waals surface area contributed by atoms with E-state index in [0.717, 1.165) is 21.0 Å².